The molecule has 0 atom stereocenters. The van der Waals surface area contributed by atoms with E-state index in [0.717, 1.165) is 22.4 Å². The van der Waals surface area contributed by atoms with Gasteiger partial charge >= 0.3 is 0 Å². The molecule has 0 aliphatic rings. The highest BCUT2D eigenvalue weighted by Crippen LogP contribution is 2.31. The van der Waals surface area contributed by atoms with Gasteiger partial charge < -0.3 is 14.5 Å². The van der Waals surface area contributed by atoms with E-state index in [2.05, 4.69) is 20.2 Å². The summed E-state index contributed by atoms with van der Waals surface area (Å²) in [5, 5.41) is 7.62. The van der Waals surface area contributed by atoms with Crippen LogP contribution in [-0.4, -0.2) is 34.4 Å². The maximum Gasteiger partial charge on any atom is 0.161 e. The molecule has 7 heteroatoms. The molecule has 1 N–H and O–H groups in total. The molecule has 2 heterocycles. The van der Waals surface area contributed by atoms with E-state index in [1.165, 1.54) is 0 Å². The minimum atomic E-state index is 0. The van der Waals surface area contributed by atoms with Crippen LogP contribution in [0.15, 0.2) is 30.6 Å². The van der Waals surface area contributed by atoms with E-state index in [4.69, 9.17) is 9.47 Å². The van der Waals surface area contributed by atoms with Gasteiger partial charge in [-0.15, -0.1) is 12.4 Å². The topological polar surface area (TPSA) is 72.9 Å². The Morgan fingerprint density at radius 2 is 1.75 bits per heavy atom. The Morgan fingerprint density at radius 1 is 1.00 bits per heavy atom. The molecule has 3 aromatic rings. The fraction of sp³-hybridized carbons (Fsp3) is 0.154. The van der Waals surface area contributed by atoms with Gasteiger partial charge in [0.15, 0.2) is 11.5 Å². The third-order valence-electron chi connectivity index (χ3n) is 2.85. The van der Waals surface area contributed by atoms with Crippen molar-refractivity contribution in [2.24, 2.45) is 0 Å². The van der Waals surface area contributed by atoms with Gasteiger partial charge in [-0.05, 0) is 18.2 Å². The third kappa shape index (κ3) is 2.37. The van der Waals surface area contributed by atoms with Crippen molar-refractivity contribution in [3.63, 3.8) is 0 Å². The van der Waals surface area contributed by atoms with Crippen molar-refractivity contribution in [2.75, 3.05) is 14.2 Å². The lowest BCUT2D eigenvalue weighted by Crippen LogP contribution is -1.91. The molecule has 0 amide bonds. The molecule has 0 saturated heterocycles. The first kappa shape index (κ1) is 14.1. The average Bonchev–Trinajstić information content (AvgIpc) is 2.90. The summed E-state index contributed by atoms with van der Waals surface area (Å²) < 4.78 is 10.5. The minimum Gasteiger partial charge on any atom is -0.493 e. The number of methoxy groups -OCH3 is 2. The number of fused-ring (bicyclic) bond motifs is 1. The van der Waals surface area contributed by atoms with E-state index < -0.39 is 0 Å². The molecule has 3 rings (SSSR count). The van der Waals surface area contributed by atoms with E-state index in [9.17, 15) is 0 Å². The lowest BCUT2D eigenvalue weighted by atomic mass is 10.2. The Labute approximate surface area is 121 Å². The van der Waals surface area contributed by atoms with E-state index in [1.54, 1.807) is 26.6 Å². The van der Waals surface area contributed by atoms with Gasteiger partial charge in [-0.25, -0.2) is 4.98 Å². The van der Waals surface area contributed by atoms with E-state index >= 15 is 0 Å². The van der Waals surface area contributed by atoms with E-state index in [0.29, 0.717) is 11.5 Å². The molecule has 0 aliphatic heterocycles. The van der Waals surface area contributed by atoms with Crippen molar-refractivity contribution >= 4 is 23.4 Å². The van der Waals surface area contributed by atoms with Crippen LogP contribution in [0.1, 0.15) is 0 Å². The number of nitrogens with one attached hydrogen (secondary N) is 1. The van der Waals surface area contributed by atoms with Gasteiger partial charge in [-0.3, -0.25) is 0 Å². The Hall–Kier alpha value is -2.34. The number of ether oxygens (including phenoxy) is 2. The molecule has 20 heavy (non-hydrogen) atoms. The van der Waals surface area contributed by atoms with Gasteiger partial charge in [0, 0.05) is 5.56 Å². The lowest BCUT2D eigenvalue weighted by molar-refractivity contribution is 0.355. The molecular formula is C13H13ClN4O2. The van der Waals surface area contributed by atoms with Crippen molar-refractivity contribution in [2.45, 2.75) is 0 Å². The number of nitrogens with zero attached hydrogens (tertiary/aromatic N) is 3. The molecule has 0 spiro atoms. The number of hydrogen-bond acceptors (Lipinski definition) is 5. The lowest BCUT2D eigenvalue weighted by Gasteiger charge is -2.08. The maximum atomic E-state index is 5.28. The zero-order valence-electron chi connectivity index (χ0n) is 11.0. The predicted octanol–water partition coefficient (Wildman–Crippen LogP) is 2.46. The van der Waals surface area contributed by atoms with Crippen LogP contribution in [-0.2, 0) is 0 Å². The summed E-state index contributed by atoms with van der Waals surface area (Å²) in [4.78, 5) is 7.65. The number of aromatic amines is 1. The van der Waals surface area contributed by atoms with E-state index in [1.807, 2.05) is 18.2 Å². The molecule has 6 nitrogen and oxygen atoms in total. The number of halogens is 1. The Balaban J connectivity index is 0.00000147. The number of imidazole rings is 1. The molecule has 0 aliphatic carbocycles. The van der Waals surface area contributed by atoms with Gasteiger partial charge in [0.1, 0.15) is 11.3 Å². The first-order valence-electron chi connectivity index (χ1n) is 5.70. The number of hydrogen-bond donors (Lipinski definition) is 1. The van der Waals surface area contributed by atoms with Crippen LogP contribution in [0, 0.1) is 0 Å². The van der Waals surface area contributed by atoms with Gasteiger partial charge in [0.05, 0.1) is 32.1 Å². The Bertz CT molecular complexity index is 696. The number of rotatable bonds is 3. The minimum absolute atomic E-state index is 0. The maximum absolute atomic E-state index is 5.28. The molecule has 1 aromatic carbocycles. The molecule has 0 radical (unpaired) electrons. The summed E-state index contributed by atoms with van der Waals surface area (Å²) in [7, 11) is 3.21. The number of H-pyrrole nitrogens is 1. The molecule has 2 aromatic heterocycles. The fourth-order valence-electron chi connectivity index (χ4n) is 1.90. The summed E-state index contributed by atoms with van der Waals surface area (Å²) in [5.41, 5.74) is 2.54. The molecular weight excluding hydrogens is 280 g/mol. The highest BCUT2D eigenvalue weighted by atomic mass is 35.5. The normalized spacial score (nSPS) is 10.1. The highest BCUT2D eigenvalue weighted by molar-refractivity contribution is 5.85. The number of aromatic nitrogens is 4. The predicted molar refractivity (Wildman–Crippen MR) is 77.5 cm³/mol. The Kier molecular flexibility index (Phi) is 4.05. The molecule has 0 fully saturated rings. The Morgan fingerprint density at radius 3 is 2.45 bits per heavy atom. The van der Waals surface area contributed by atoms with Crippen LogP contribution >= 0.6 is 12.4 Å². The van der Waals surface area contributed by atoms with Crippen LogP contribution in [0.25, 0.3) is 22.4 Å². The van der Waals surface area contributed by atoms with Gasteiger partial charge in [-0.1, -0.05) is 0 Å². The quantitative estimate of drug-likeness (QED) is 0.803. The average molecular weight is 293 g/mol. The molecule has 104 valence electrons. The zero-order valence-corrected chi connectivity index (χ0v) is 11.8. The molecule has 0 saturated carbocycles. The summed E-state index contributed by atoms with van der Waals surface area (Å²) in [6.07, 6.45) is 3.27. The smallest absolute Gasteiger partial charge is 0.161 e. The first-order valence-corrected chi connectivity index (χ1v) is 5.70. The monoisotopic (exact) mass is 292 g/mol. The summed E-state index contributed by atoms with van der Waals surface area (Å²) in [5.74, 6) is 2.09. The van der Waals surface area contributed by atoms with Crippen molar-refractivity contribution in [3.05, 3.63) is 30.6 Å². The van der Waals surface area contributed by atoms with Gasteiger partial charge in [0.2, 0.25) is 0 Å². The highest BCUT2D eigenvalue weighted by Gasteiger charge is 2.09. The second kappa shape index (κ2) is 5.75. The van der Waals surface area contributed by atoms with Crippen LogP contribution in [0.5, 0.6) is 11.5 Å². The fourth-order valence-corrected chi connectivity index (χ4v) is 1.90. The van der Waals surface area contributed by atoms with Crippen LogP contribution in [0.4, 0.5) is 0 Å². The van der Waals surface area contributed by atoms with Crippen LogP contribution in [0.2, 0.25) is 0 Å². The second-order valence-corrected chi connectivity index (χ2v) is 3.94. The number of benzene rings is 1. The molecule has 0 bridgehead atoms. The van der Waals surface area contributed by atoms with Gasteiger partial charge in [0.25, 0.3) is 0 Å². The van der Waals surface area contributed by atoms with Crippen molar-refractivity contribution < 1.29 is 9.47 Å². The standard InChI is InChI=1S/C13H12N4O2.ClH/c1-18-11-4-3-8(5-12(11)19-2)13-16-9-6-14-15-7-10(9)17-13;/h3-7H,1-2H3,(H,16,17);1H. The third-order valence-corrected chi connectivity index (χ3v) is 2.85. The summed E-state index contributed by atoms with van der Waals surface area (Å²) in [6.45, 7) is 0. The van der Waals surface area contributed by atoms with Crippen molar-refractivity contribution in [1.82, 2.24) is 20.2 Å². The van der Waals surface area contributed by atoms with Gasteiger partial charge in [-0.2, -0.15) is 10.2 Å². The van der Waals surface area contributed by atoms with Crippen LogP contribution < -0.4 is 9.47 Å². The first-order chi connectivity index (χ1) is 9.31. The summed E-state index contributed by atoms with van der Waals surface area (Å²) >= 11 is 0. The summed E-state index contributed by atoms with van der Waals surface area (Å²) in [6, 6.07) is 5.63. The molecule has 0 unspecified atom stereocenters. The van der Waals surface area contributed by atoms with Crippen molar-refractivity contribution in [1.29, 1.82) is 0 Å². The van der Waals surface area contributed by atoms with Crippen LogP contribution in [0.3, 0.4) is 0 Å². The van der Waals surface area contributed by atoms with Crippen molar-refractivity contribution in [3.8, 4) is 22.9 Å². The second-order valence-electron chi connectivity index (χ2n) is 3.94. The largest absolute Gasteiger partial charge is 0.493 e. The zero-order chi connectivity index (χ0) is 13.2. The van der Waals surface area contributed by atoms with E-state index in [-0.39, 0.29) is 12.4 Å². The SMILES string of the molecule is COc1ccc(-c2nc3cnncc3[nH]2)cc1OC.Cl.